The number of fused-ring (bicyclic) bond motifs is 6. The molecule has 0 N–H and O–H groups in total. The summed E-state index contributed by atoms with van der Waals surface area (Å²) in [5.74, 6) is 0.438. The zero-order valence-corrected chi connectivity index (χ0v) is 49.0. The average molecular weight is 1190 g/mol. The van der Waals surface area contributed by atoms with Crippen molar-refractivity contribution in [2.45, 2.75) is 6.18 Å². The van der Waals surface area contributed by atoms with Crippen LogP contribution in [0.25, 0.3) is 156 Å². The van der Waals surface area contributed by atoms with Crippen LogP contribution >= 0.6 is 0 Å². The number of nitrogens with zero attached hydrogens (tertiary/aromatic N) is 8. The van der Waals surface area contributed by atoms with E-state index in [0.29, 0.717) is 17.1 Å². The predicted molar refractivity (Wildman–Crippen MR) is 363 cm³/mol. The first-order chi connectivity index (χ1) is 45.1. The van der Waals surface area contributed by atoms with Gasteiger partial charge in [-0.05, 0) is 127 Å². The third-order valence-electron chi connectivity index (χ3n) is 17.0. The Labute approximate surface area is 526 Å². The van der Waals surface area contributed by atoms with Gasteiger partial charge >= 0.3 is 6.18 Å². The standard InChI is InChI=1S/C81H49F3N8/c82-81(83,84)61-42-51(49-85)41-60(43-61)62-48-80(92-77-39-35-58(73-31-15-27-69(89-73)54-21-9-3-10-22-54)46-65(77)66-47-59(36-40-78(66)92)74-32-16-28-70(90-74)55-23-11-4-12-24-55)86-50-79(62)91-75-37-33-56(71-29-13-25-67(87-71)52-17-5-1-6-18-52)44-63(75)64-45-57(34-38-76(64)91)72-30-14-26-68(88-72)53-19-7-2-8-20-53/h1-48,50H. The molecule has 0 saturated heterocycles. The topological polar surface area (TPSA) is 98.1 Å². The average Bonchev–Trinajstić information content (AvgIpc) is 1.57. The van der Waals surface area contributed by atoms with E-state index in [4.69, 9.17) is 24.9 Å². The third-order valence-corrected chi connectivity index (χ3v) is 17.0. The minimum atomic E-state index is -4.78. The number of halogens is 3. The number of pyridine rings is 5. The summed E-state index contributed by atoms with van der Waals surface area (Å²) in [5, 5.41) is 14.0. The first-order valence-electron chi connectivity index (χ1n) is 30.1. The van der Waals surface area contributed by atoms with Gasteiger partial charge in [0.2, 0.25) is 0 Å². The van der Waals surface area contributed by atoms with Gasteiger partial charge in [0.05, 0.1) is 96.7 Å². The Hall–Kier alpha value is -12.4. The first kappa shape index (κ1) is 55.0. The molecule has 8 nitrogen and oxygen atoms in total. The molecule has 11 heteroatoms. The van der Waals surface area contributed by atoms with Crippen LogP contribution in [0.3, 0.4) is 0 Å². The summed E-state index contributed by atoms with van der Waals surface area (Å²) in [6.45, 7) is 0. The molecule has 0 unspecified atom stereocenters. The molecule has 0 aliphatic carbocycles. The van der Waals surface area contributed by atoms with Crippen LogP contribution in [-0.2, 0) is 6.18 Å². The van der Waals surface area contributed by atoms with Gasteiger partial charge in [-0.15, -0.1) is 0 Å². The van der Waals surface area contributed by atoms with Crippen molar-refractivity contribution in [2.75, 3.05) is 0 Å². The van der Waals surface area contributed by atoms with Crippen LogP contribution in [0.15, 0.2) is 297 Å². The van der Waals surface area contributed by atoms with Gasteiger partial charge in [0.1, 0.15) is 5.82 Å². The van der Waals surface area contributed by atoms with E-state index in [2.05, 4.69) is 45.5 Å². The Balaban J connectivity index is 0.929. The molecule has 0 spiro atoms. The fourth-order valence-electron chi connectivity index (χ4n) is 12.6. The number of benzene rings is 9. The van der Waals surface area contributed by atoms with Crippen LogP contribution in [0, 0.1) is 11.3 Å². The molecule has 9 aromatic carbocycles. The highest BCUT2D eigenvalue weighted by Gasteiger charge is 2.32. The number of alkyl halides is 3. The van der Waals surface area contributed by atoms with Gasteiger partial charge in [0.15, 0.2) is 0 Å². The van der Waals surface area contributed by atoms with E-state index in [1.807, 2.05) is 243 Å². The number of nitriles is 1. The molecule has 0 aliphatic rings. The maximum Gasteiger partial charge on any atom is 0.416 e. The summed E-state index contributed by atoms with van der Waals surface area (Å²) in [5.41, 5.74) is 17.0. The minimum Gasteiger partial charge on any atom is -0.307 e. The zero-order chi connectivity index (χ0) is 61.9. The summed E-state index contributed by atoms with van der Waals surface area (Å²) >= 11 is 0. The highest BCUT2D eigenvalue weighted by atomic mass is 19.4. The number of rotatable bonds is 11. The third kappa shape index (κ3) is 10.1. The maximum atomic E-state index is 15.2. The molecule has 0 bridgehead atoms. The largest absolute Gasteiger partial charge is 0.416 e. The Morgan fingerprint density at radius 2 is 0.630 bits per heavy atom. The van der Waals surface area contributed by atoms with E-state index in [9.17, 15) is 5.26 Å². The normalized spacial score (nSPS) is 11.6. The van der Waals surface area contributed by atoms with Gasteiger partial charge < -0.3 is 4.57 Å². The van der Waals surface area contributed by atoms with Crippen molar-refractivity contribution in [2.24, 2.45) is 0 Å². The Bertz CT molecular complexity index is 5300. The molecule has 92 heavy (non-hydrogen) atoms. The van der Waals surface area contributed by atoms with Crippen LogP contribution in [0.4, 0.5) is 13.2 Å². The monoisotopic (exact) mass is 1190 g/mol. The van der Waals surface area contributed by atoms with Crippen LogP contribution in [0.1, 0.15) is 11.1 Å². The molecule has 0 saturated carbocycles. The summed E-state index contributed by atoms with van der Waals surface area (Å²) in [6.07, 6.45) is -3.03. The highest BCUT2D eigenvalue weighted by molar-refractivity contribution is 6.13. The Morgan fingerprint density at radius 3 is 0.957 bits per heavy atom. The van der Waals surface area contributed by atoms with E-state index in [-0.39, 0.29) is 11.1 Å². The van der Waals surface area contributed by atoms with Crippen molar-refractivity contribution in [3.8, 4) is 119 Å². The van der Waals surface area contributed by atoms with Crippen molar-refractivity contribution in [1.29, 1.82) is 5.26 Å². The lowest BCUT2D eigenvalue weighted by Gasteiger charge is -2.18. The fraction of sp³-hybridized carbons (Fsp3) is 0.0123. The SMILES string of the molecule is N#Cc1cc(-c2cc(-n3c4ccc(-c5cccc(-c6ccccc6)n5)cc4c4cc(-c5cccc(-c6ccccc6)n5)ccc43)ncc2-n2c3ccc(-c4cccc(-c5ccccc5)n4)cc3c3cc(-c4cccc(-c5ccccc5)n4)ccc32)cc(C(F)(F)F)c1. The van der Waals surface area contributed by atoms with Crippen molar-refractivity contribution in [1.82, 2.24) is 34.1 Å². The second kappa shape index (κ2) is 22.6. The van der Waals surface area contributed by atoms with Crippen LogP contribution in [-0.4, -0.2) is 34.1 Å². The lowest BCUT2D eigenvalue weighted by atomic mass is 9.98. The number of aromatic nitrogens is 7. The summed E-state index contributed by atoms with van der Waals surface area (Å²) in [4.78, 5) is 26.0. The number of hydrogen-bond donors (Lipinski definition) is 0. The smallest absolute Gasteiger partial charge is 0.307 e. The van der Waals surface area contributed by atoms with Crippen LogP contribution in [0.5, 0.6) is 0 Å². The molecule has 7 heterocycles. The van der Waals surface area contributed by atoms with Gasteiger partial charge in [-0.25, -0.2) is 24.9 Å². The van der Waals surface area contributed by atoms with Crippen LogP contribution < -0.4 is 0 Å². The summed E-state index contributed by atoms with van der Waals surface area (Å²) in [6, 6.07) is 96.6. The van der Waals surface area contributed by atoms with Gasteiger partial charge in [-0.1, -0.05) is 170 Å². The maximum absolute atomic E-state index is 15.2. The molecule has 16 aromatic rings. The first-order valence-corrected chi connectivity index (χ1v) is 30.1. The van der Waals surface area contributed by atoms with E-state index in [1.165, 1.54) is 6.07 Å². The summed E-state index contributed by atoms with van der Waals surface area (Å²) < 4.78 is 49.8. The Kier molecular flexibility index (Phi) is 13.5. The molecule has 16 rings (SSSR count). The van der Waals surface area contributed by atoms with Crippen molar-refractivity contribution in [3.63, 3.8) is 0 Å². The second-order valence-corrected chi connectivity index (χ2v) is 22.7. The zero-order valence-electron chi connectivity index (χ0n) is 49.0. The lowest BCUT2D eigenvalue weighted by Crippen LogP contribution is -2.07. The molecule has 0 amide bonds. The van der Waals surface area contributed by atoms with Gasteiger partial charge in [-0.2, -0.15) is 18.4 Å². The molecular weight excluding hydrogens is 1140 g/mol. The molecule has 7 aromatic heterocycles. The van der Waals surface area contributed by atoms with Gasteiger partial charge in [-0.3, -0.25) is 4.57 Å². The molecular formula is C81H49F3N8. The van der Waals surface area contributed by atoms with E-state index >= 15 is 13.2 Å². The Morgan fingerprint density at radius 1 is 0.304 bits per heavy atom. The van der Waals surface area contributed by atoms with Crippen molar-refractivity contribution < 1.29 is 13.2 Å². The van der Waals surface area contributed by atoms with Gasteiger partial charge in [0.25, 0.3) is 0 Å². The van der Waals surface area contributed by atoms with Crippen molar-refractivity contribution in [3.05, 3.63) is 309 Å². The molecule has 0 atom stereocenters. The lowest BCUT2D eigenvalue weighted by molar-refractivity contribution is -0.137. The molecule has 0 fully saturated rings. The van der Waals surface area contributed by atoms with Crippen molar-refractivity contribution >= 4 is 43.6 Å². The predicted octanol–water partition coefficient (Wildman–Crippen LogP) is 20.7. The van der Waals surface area contributed by atoms with Crippen LogP contribution in [0.2, 0.25) is 0 Å². The minimum absolute atomic E-state index is 0.141. The molecule has 0 radical (unpaired) electrons. The fourth-order valence-corrected chi connectivity index (χ4v) is 12.6. The second-order valence-electron chi connectivity index (χ2n) is 22.7. The molecule has 0 aliphatic heterocycles. The summed E-state index contributed by atoms with van der Waals surface area (Å²) in [7, 11) is 0. The van der Waals surface area contributed by atoms with E-state index in [1.54, 1.807) is 6.20 Å². The van der Waals surface area contributed by atoms with Gasteiger partial charge in [0, 0.05) is 71.6 Å². The van der Waals surface area contributed by atoms with E-state index < -0.39 is 11.7 Å². The quantitative estimate of drug-likeness (QED) is 0.128. The highest BCUT2D eigenvalue weighted by Crippen LogP contribution is 2.44. The molecule has 434 valence electrons. The number of hydrogen-bond acceptors (Lipinski definition) is 6. The van der Waals surface area contributed by atoms with E-state index in [0.717, 1.165) is 146 Å².